The molecule has 1 N–H and O–H groups in total. The van der Waals surface area contributed by atoms with Crippen molar-refractivity contribution in [3.63, 3.8) is 0 Å². The molecule has 2 atom stereocenters. The van der Waals surface area contributed by atoms with Crippen molar-refractivity contribution < 1.29 is 42.1 Å². The van der Waals surface area contributed by atoms with Crippen LogP contribution in [0, 0.1) is 0 Å². The number of hydrogen-bond acceptors (Lipinski definition) is 7. The summed E-state index contributed by atoms with van der Waals surface area (Å²) in [4.78, 5) is 35.5. The van der Waals surface area contributed by atoms with Gasteiger partial charge in [0.15, 0.2) is 6.10 Å². The molecule has 0 aromatic rings. The van der Waals surface area contributed by atoms with E-state index in [-0.39, 0.29) is 26.1 Å². The van der Waals surface area contributed by atoms with E-state index in [9.17, 15) is 19.0 Å². The predicted molar refractivity (Wildman–Crippen MR) is 261 cm³/mol. The summed E-state index contributed by atoms with van der Waals surface area (Å²) in [5, 5.41) is 0. The average molecular weight is 899 g/mol. The van der Waals surface area contributed by atoms with Gasteiger partial charge in [0.2, 0.25) is 0 Å². The number of esters is 2. The number of likely N-dealkylation sites (N-methyl/N-ethyl adjacent to an activating group) is 1. The number of carbonyl (C=O) groups is 2. The van der Waals surface area contributed by atoms with Crippen LogP contribution in [0.2, 0.25) is 0 Å². The Hall–Kier alpha value is -1.51. The molecule has 9 nitrogen and oxygen atoms in total. The maximum atomic E-state index is 12.7. The van der Waals surface area contributed by atoms with Crippen molar-refractivity contribution in [1.29, 1.82) is 0 Å². The van der Waals surface area contributed by atoms with Gasteiger partial charge in [-0.25, -0.2) is 4.57 Å². The van der Waals surface area contributed by atoms with Gasteiger partial charge in [-0.05, 0) is 57.8 Å². The molecule has 0 rings (SSSR count). The minimum absolute atomic E-state index is 0.0287. The first-order valence-electron chi connectivity index (χ1n) is 26.1. The summed E-state index contributed by atoms with van der Waals surface area (Å²) in [6.07, 6.45) is 51.0. The zero-order valence-electron chi connectivity index (χ0n) is 41.4. The van der Waals surface area contributed by atoms with Gasteiger partial charge >= 0.3 is 19.8 Å². The third kappa shape index (κ3) is 48.0. The zero-order valence-corrected chi connectivity index (χ0v) is 42.3. The van der Waals surface area contributed by atoms with E-state index in [1.54, 1.807) is 0 Å². The summed E-state index contributed by atoms with van der Waals surface area (Å²) in [7, 11) is 1.47. The van der Waals surface area contributed by atoms with E-state index in [4.69, 9.17) is 18.5 Å². The Kier molecular flexibility index (Phi) is 43.6. The Morgan fingerprint density at radius 2 is 0.839 bits per heavy atom. The lowest BCUT2D eigenvalue weighted by Gasteiger charge is -2.24. The molecule has 1 unspecified atom stereocenters. The number of allylic oxidation sites excluding steroid dienone is 4. The van der Waals surface area contributed by atoms with Crippen molar-refractivity contribution in [3.8, 4) is 0 Å². The van der Waals surface area contributed by atoms with Crippen LogP contribution in [0.5, 0.6) is 0 Å². The van der Waals surface area contributed by atoms with Crippen LogP contribution < -0.4 is 0 Å². The van der Waals surface area contributed by atoms with Crippen LogP contribution in [0.25, 0.3) is 0 Å². The topological polar surface area (TPSA) is 108 Å². The number of phosphoric ester groups is 1. The number of unbranched alkanes of at least 4 members (excludes halogenated alkanes) is 30. The van der Waals surface area contributed by atoms with Gasteiger partial charge in [-0.3, -0.25) is 18.6 Å². The molecule has 0 radical (unpaired) electrons. The molecule has 0 saturated heterocycles. The summed E-state index contributed by atoms with van der Waals surface area (Å²) >= 11 is 0. The number of quaternary nitrogens is 1. The standard InChI is InChI=1S/C52H100NO8P/c1-6-8-10-12-14-16-18-20-22-23-24-25-26-27-28-29-31-32-34-36-38-40-42-44-51(54)58-48-50(49-60-62(56,57)59-47-46-53(3,4)5)61-52(55)45-43-41-39-37-35-33-30-21-19-17-15-13-11-9-7-2/h17,19,36,38,50H,6-16,18,20-35,37,39-49H2,1-5H3/p+1/b19-17+,38-36+/t50-/m0/s1. The van der Waals surface area contributed by atoms with Crippen LogP contribution in [0.3, 0.4) is 0 Å². The van der Waals surface area contributed by atoms with E-state index in [0.717, 1.165) is 38.5 Å². The second-order valence-corrected chi connectivity index (χ2v) is 20.4. The summed E-state index contributed by atoms with van der Waals surface area (Å²) < 4.78 is 34.4. The molecule has 0 bridgehead atoms. The van der Waals surface area contributed by atoms with Crippen LogP contribution in [0.1, 0.15) is 245 Å². The van der Waals surface area contributed by atoms with Crippen LogP contribution in [0.4, 0.5) is 0 Å². The summed E-state index contributed by atoms with van der Waals surface area (Å²) in [6, 6.07) is 0. The van der Waals surface area contributed by atoms with Gasteiger partial charge < -0.3 is 18.9 Å². The number of nitrogens with zero attached hydrogens (tertiary/aromatic N) is 1. The van der Waals surface area contributed by atoms with Crippen molar-refractivity contribution in [2.24, 2.45) is 0 Å². The molecule has 10 heteroatoms. The maximum absolute atomic E-state index is 12.7. The predicted octanol–water partition coefficient (Wildman–Crippen LogP) is 15.5. The Labute approximate surface area is 383 Å². The van der Waals surface area contributed by atoms with Crippen molar-refractivity contribution in [3.05, 3.63) is 24.3 Å². The van der Waals surface area contributed by atoms with Crippen molar-refractivity contribution in [1.82, 2.24) is 0 Å². The van der Waals surface area contributed by atoms with Gasteiger partial charge in [-0.2, -0.15) is 0 Å². The number of carbonyl (C=O) groups excluding carboxylic acids is 2. The number of hydrogen-bond donors (Lipinski definition) is 1. The Morgan fingerprint density at radius 1 is 0.484 bits per heavy atom. The third-order valence-electron chi connectivity index (χ3n) is 11.5. The highest BCUT2D eigenvalue weighted by Crippen LogP contribution is 2.43. The monoisotopic (exact) mass is 899 g/mol. The molecular formula is C52H101NO8P+. The van der Waals surface area contributed by atoms with Crippen molar-refractivity contribution in [2.75, 3.05) is 47.5 Å². The Bertz CT molecular complexity index is 1110. The molecule has 0 heterocycles. The fourth-order valence-corrected chi connectivity index (χ4v) is 8.11. The molecule has 0 aliphatic heterocycles. The summed E-state index contributed by atoms with van der Waals surface area (Å²) in [6.45, 7) is 4.41. The van der Waals surface area contributed by atoms with Gasteiger partial charge in [-0.1, -0.05) is 199 Å². The molecule has 0 spiro atoms. The Balaban J connectivity index is 4.21. The van der Waals surface area contributed by atoms with Gasteiger partial charge in [-0.15, -0.1) is 0 Å². The minimum atomic E-state index is -4.38. The fourth-order valence-electron chi connectivity index (χ4n) is 7.37. The lowest BCUT2D eigenvalue weighted by atomic mass is 10.0. The maximum Gasteiger partial charge on any atom is 0.472 e. The Morgan fingerprint density at radius 3 is 1.26 bits per heavy atom. The highest BCUT2D eigenvalue weighted by atomic mass is 31.2. The molecule has 0 fully saturated rings. The van der Waals surface area contributed by atoms with E-state index in [0.29, 0.717) is 23.9 Å². The van der Waals surface area contributed by atoms with E-state index < -0.39 is 32.5 Å². The lowest BCUT2D eigenvalue weighted by molar-refractivity contribution is -0.870. The molecule has 366 valence electrons. The molecule has 0 aliphatic rings. The van der Waals surface area contributed by atoms with Crippen LogP contribution in [-0.2, 0) is 32.7 Å². The number of phosphoric acid groups is 1. The average Bonchev–Trinajstić information content (AvgIpc) is 3.23. The second kappa shape index (κ2) is 44.7. The largest absolute Gasteiger partial charge is 0.472 e. The van der Waals surface area contributed by atoms with E-state index in [1.165, 1.54) is 167 Å². The SMILES string of the molecule is CCCCCC/C=C/CCCCCCCCCC(=O)O[C@@H](COC(=O)CCC/C=C/CCCCCCCCCCCCCCCCCCCC)COP(=O)(O)OCC[N+](C)(C)C. The summed E-state index contributed by atoms with van der Waals surface area (Å²) in [5.74, 6) is -0.831. The van der Waals surface area contributed by atoms with Gasteiger partial charge in [0.25, 0.3) is 0 Å². The third-order valence-corrected chi connectivity index (χ3v) is 12.4. The number of ether oxygens (including phenoxy) is 2. The lowest BCUT2D eigenvalue weighted by Crippen LogP contribution is -2.37. The first kappa shape index (κ1) is 60.5. The highest BCUT2D eigenvalue weighted by Gasteiger charge is 2.27. The van der Waals surface area contributed by atoms with Crippen LogP contribution >= 0.6 is 7.82 Å². The van der Waals surface area contributed by atoms with Crippen molar-refractivity contribution >= 4 is 19.8 Å². The quantitative estimate of drug-likeness (QED) is 0.0211. The van der Waals surface area contributed by atoms with Gasteiger partial charge in [0.05, 0.1) is 27.7 Å². The molecule has 0 aromatic heterocycles. The first-order valence-corrected chi connectivity index (χ1v) is 27.6. The molecule has 0 aliphatic carbocycles. The highest BCUT2D eigenvalue weighted by molar-refractivity contribution is 7.47. The van der Waals surface area contributed by atoms with E-state index >= 15 is 0 Å². The van der Waals surface area contributed by atoms with E-state index in [1.807, 2.05) is 21.1 Å². The summed E-state index contributed by atoms with van der Waals surface area (Å²) in [5.41, 5.74) is 0. The van der Waals surface area contributed by atoms with Crippen LogP contribution in [0.15, 0.2) is 24.3 Å². The fraction of sp³-hybridized carbons (Fsp3) is 0.885. The molecule has 0 aromatic carbocycles. The molecule has 0 amide bonds. The second-order valence-electron chi connectivity index (χ2n) is 18.9. The normalized spacial score (nSPS) is 13.6. The molecular weight excluding hydrogens is 798 g/mol. The zero-order chi connectivity index (χ0) is 45.7. The number of rotatable bonds is 48. The molecule has 62 heavy (non-hydrogen) atoms. The first-order chi connectivity index (χ1) is 30.0. The van der Waals surface area contributed by atoms with Gasteiger partial charge in [0, 0.05) is 12.8 Å². The molecule has 0 saturated carbocycles. The van der Waals surface area contributed by atoms with Crippen molar-refractivity contribution in [2.45, 2.75) is 251 Å². The minimum Gasteiger partial charge on any atom is -0.462 e. The van der Waals surface area contributed by atoms with Gasteiger partial charge in [0.1, 0.15) is 19.8 Å². The smallest absolute Gasteiger partial charge is 0.462 e. The van der Waals surface area contributed by atoms with Crippen LogP contribution in [-0.4, -0.2) is 74.9 Å². The van der Waals surface area contributed by atoms with E-state index in [2.05, 4.69) is 38.2 Å².